The molecule has 0 amide bonds. The van der Waals surface area contributed by atoms with Gasteiger partial charge in [-0.1, -0.05) is 12.5 Å². The number of likely N-dealkylation sites (tertiary alicyclic amines) is 1. The molecular formula is C15H19N3O. The van der Waals surface area contributed by atoms with Crippen LogP contribution in [0.2, 0.25) is 0 Å². The van der Waals surface area contributed by atoms with Gasteiger partial charge in [-0.15, -0.1) is 0 Å². The number of hydrogen-bond acceptors (Lipinski definition) is 3. The molecule has 19 heavy (non-hydrogen) atoms. The van der Waals surface area contributed by atoms with E-state index in [0.29, 0.717) is 0 Å². The number of ketones is 1. The second kappa shape index (κ2) is 5.13. The number of hydrogen-bond donors (Lipinski definition) is 1. The molecule has 100 valence electrons. The van der Waals surface area contributed by atoms with Gasteiger partial charge in [-0.3, -0.25) is 9.69 Å². The van der Waals surface area contributed by atoms with Crippen LogP contribution in [0.15, 0.2) is 24.5 Å². The molecule has 2 heterocycles. The summed E-state index contributed by atoms with van der Waals surface area (Å²) in [5.41, 5.74) is 3.02. The lowest BCUT2D eigenvalue weighted by molar-refractivity contribution is -0.122. The van der Waals surface area contributed by atoms with Crippen LogP contribution in [-0.4, -0.2) is 33.7 Å². The summed E-state index contributed by atoms with van der Waals surface area (Å²) in [6.45, 7) is 3.73. The molecule has 0 spiro atoms. The van der Waals surface area contributed by atoms with Crippen molar-refractivity contribution < 1.29 is 4.79 Å². The molecule has 3 rings (SSSR count). The molecule has 1 aromatic carbocycles. The lowest BCUT2D eigenvalue weighted by atomic mass is 9.98. The number of aromatic nitrogens is 2. The first-order chi connectivity index (χ1) is 9.25. The first-order valence-electron chi connectivity index (χ1n) is 6.93. The van der Waals surface area contributed by atoms with E-state index in [-0.39, 0.29) is 11.8 Å². The molecule has 1 unspecified atom stereocenters. The molecule has 1 atom stereocenters. The summed E-state index contributed by atoms with van der Waals surface area (Å²) >= 11 is 0. The fourth-order valence-electron chi connectivity index (χ4n) is 3.00. The fourth-order valence-corrected chi connectivity index (χ4v) is 3.00. The third kappa shape index (κ3) is 2.40. The molecule has 4 heteroatoms. The number of benzene rings is 1. The van der Waals surface area contributed by atoms with E-state index in [1.165, 1.54) is 19.3 Å². The molecule has 1 N–H and O–H groups in total. The summed E-state index contributed by atoms with van der Waals surface area (Å²) in [6.07, 6.45) is 5.35. The third-order valence-electron chi connectivity index (χ3n) is 3.90. The molecule has 1 aliphatic heterocycles. The minimum absolute atomic E-state index is 0.104. The van der Waals surface area contributed by atoms with Crippen LogP contribution in [0.1, 0.15) is 37.8 Å². The summed E-state index contributed by atoms with van der Waals surface area (Å²) in [7, 11) is 0. The molecule has 0 saturated carbocycles. The summed E-state index contributed by atoms with van der Waals surface area (Å²) in [4.78, 5) is 21.7. The van der Waals surface area contributed by atoms with Crippen LogP contribution in [-0.2, 0) is 4.79 Å². The number of nitrogens with one attached hydrogen (secondary N) is 1. The number of H-pyrrole nitrogens is 1. The minimum Gasteiger partial charge on any atom is -0.345 e. The van der Waals surface area contributed by atoms with Crippen molar-refractivity contribution in [2.45, 2.75) is 32.2 Å². The second-order valence-corrected chi connectivity index (χ2v) is 5.29. The van der Waals surface area contributed by atoms with Crippen molar-refractivity contribution >= 4 is 16.8 Å². The topological polar surface area (TPSA) is 49.0 Å². The van der Waals surface area contributed by atoms with Crippen molar-refractivity contribution in [1.29, 1.82) is 0 Å². The Morgan fingerprint density at radius 3 is 2.84 bits per heavy atom. The average molecular weight is 257 g/mol. The van der Waals surface area contributed by atoms with E-state index in [1.807, 2.05) is 12.1 Å². The van der Waals surface area contributed by atoms with Crippen LogP contribution in [0, 0.1) is 0 Å². The molecule has 4 nitrogen and oxygen atoms in total. The highest BCUT2D eigenvalue weighted by Gasteiger charge is 2.26. The molecule has 0 radical (unpaired) electrons. The van der Waals surface area contributed by atoms with Crippen LogP contribution >= 0.6 is 0 Å². The van der Waals surface area contributed by atoms with Gasteiger partial charge in [0.25, 0.3) is 0 Å². The van der Waals surface area contributed by atoms with Gasteiger partial charge in [-0.2, -0.15) is 0 Å². The van der Waals surface area contributed by atoms with Gasteiger partial charge in [-0.05, 0) is 50.6 Å². The van der Waals surface area contributed by atoms with E-state index >= 15 is 0 Å². The number of Topliss-reactive ketones (excluding diaryl/α,β-unsaturated/α-hetero) is 1. The van der Waals surface area contributed by atoms with Crippen LogP contribution < -0.4 is 0 Å². The SMILES string of the molecule is CC(=O)C(c1ccc2nc[nH]c2c1)N1CCCCC1. The molecule has 2 aromatic rings. The second-order valence-electron chi connectivity index (χ2n) is 5.29. The number of carbonyl (C=O) groups is 1. The summed E-state index contributed by atoms with van der Waals surface area (Å²) in [6, 6.07) is 5.97. The maximum Gasteiger partial charge on any atom is 0.151 e. The van der Waals surface area contributed by atoms with Crippen LogP contribution in [0.4, 0.5) is 0 Å². The average Bonchev–Trinajstić information content (AvgIpc) is 2.87. The van der Waals surface area contributed by atoms with E-state index in [2.05, 4.69) is 20.9 Å². The predicted octanol–water partition coefficient (Wildman–Crippen LogP) is 2.68. The van der Waals surface area contributed by atoms with Crippen molar-refractivity contribution in [2.24, 2.45) is 0 Å². The normalized spacial score (nSPS) is 18.6. The zero-order valence-electron chi connectivity index (χ0n) is 11.2. The monoisotopic (exact) mass is 257 g/mol. The Hall–Kier alpha value is -1.68. The van der Waals surface area contributed by atoms with Crippen LogP contribution in [0.5, 0.6) is 0 Å². The van der Waals surface area contributed by atoms with E-state index in [1.54, 1.807) is 13.3 Å². The zero-order valence-corrected chi connectivity index (χ0v) is 11.2. The number of fused-ring (bicyclic) bond motifs is 1. The highest BCUT2D eigenvalue weighted by atomic mass is 16.1. The first kappa shape index (κ1) is 12.4. The molecule has 0 aliphatic carbocycles. The van der Waals surface area contributed by atoms with Gasteiger partial charge < -0.3 is 4.98 Å². The van der Waals surface area contributed by atoms with Crippen LogP contribution in [0.25, 0.3) is 11.0 Å². The molecule has 1 aliphatic rings. The van der Waals surface area contributed by atoms with E-state index < -0.39 is 0 Å². The summed E-state index contributed by atoms with van der Waals surface area (Å²) in [5, 5.41) is 0. The van der Waals surface area contributed by atoms with Gasteiger partial charge in [0, 0.05) is 0 Å². The standard InChI is InChI=1S/C15H19N3O/c1-11(19)15(18-7-3-2-4-8-18)12-5-6-13-14(9-12)17-10-16-13/h5-6,9-10,15H,2-4,7-8H2,1H3,(H,16,17). The van der Waals surface area contributed by atoms with Crippen molar-refractivity contribution in [2.75, 3.05) is 13.1 Å². The maximum atomic E-state index is 12.1. The van der Waals surface area contributed by atoms with Crippen molar-refractivity contribution in [1.82, 2.24) is 14.9 Å². The molecule has 0 bridgehead atoms. The Balaban J connectivity index is 1.95. The lowest BCUT2D eigenvalue weighted by Crippen LogP contribution is -2.37. The number of aromatic amines is 1. The van der Waals surface area contributed by atoms with E-state index in [9.17, 15) is 4.79 Å². The van der Waals surface area contributed by atoms with Gasteiger partial charge >= 0.3 is 0 Å². The molecule has 1 fully saturated rings. The van der Waals surface area contributed by atoms with Gasteiger partial charge in [-0.25, -0.2) is 4.98 Å². The van der Waals surface area contributed by atoms with E-state index in [0.717, 1.165) is 29.7 Å². The highest BCUT2D eigenvalue weighted by molar-refractivity contribution is 5.85. The van der Waals surface area contributed by atoms with Gasteiger partial charge in [0.05, 0.1) is 23.4 Å². The minimum atomic E-state index is -0.104. The van der Waals surface area contributed by atoms with Crippen LogP contribution in [0.3, 0.4) is 0 Å². The Bertz CT molecular complexity index is 584. The van der Waals surface area contributed by atoms with Gasteiger partial charge in [0.1, 0.15) is 0 Å². The zero-order chi connectivity index (χ0) is 13.2. The molecule has 1 saturated heterocycles. The van der Waals surface area contributed by atoms with Gasteiger partial charge in [0.15, 0.2) is 5.78 Å². The number of piperidine rings is 1. The Labute approximate surface area is 112 Å². The largest absolute Gasteiger partial charge is 0.345 e. The summed E-state index contributed by atoms with van der Waals surface area (Å²) < 4.78 is 0. The van der Waals surface area contributed by atoms with E-state index in [4.69, 9.17) is 0 Å². The Morgan fingerprint density at radius 2 is 2.11 bits per heavy atom. The fraction of sp³-hybridized carbons (Fsp3) is 0.467. The Morgan fingerprint density at radius 1 is 1.32 bits per heavy atom. The van der Waals surface area contributed by atoms with Crippen molar-refractivity contribution in [3.8, 4) is 0 Å². The quantitative estimate of drug-likeness (QED) is 0.919. The number of rotatable bonds is 3. The van der Waals surface area contributed by atoms with Gasteiger partial charge in [0.2, 0.25) is 0 Å². The van der Waals surface area contributed by atoms with Crippen molar-refractivity contribution in [3.05, 3.63) is 30.1 Å². The molecule has 1 aromatic heterocycles. The maximum absolute atomic E-state index is 12.1. The number of imidazole rings is 1. The smallest absolute Gasteiger partial charge is 0.151 e. The Kier molecular flexibility index (Phi) is 3.34. The lowest BCUT2D eigenvalue weighted by Gasteiger charge is -2.33. The number of carbonyl (C=O) groups excluding carboxylic acids is 1. The van der Waals surface area contributed by atoms with Crippen molar-refractivity contribution in [3.63, 3.8) is 0 Å². The predicted molar refractivity (Wildman–Crippen MR) is 74.9 cm³/mol. The third-order valence-corrected chi connectivity index (χ3v) is 3.90. The molecular weight excluding hydrogens is 238 g/mol. The summed E-state index contributed by atoms with van der Waals surface area (Å²) in [5.74, 6) is 0.223. The highest BCUT2D eigenvalue weighted by Crippen LogP contribution is 2.27. The number of nitrogens with zero attached hydrogens (tertiary/aromatic N) is 2. The first-order valence-corrected chi connectivity index (χ1v) is 6.93.